The maximum absolute atomic E-state index is 15.4. The van der Waals surface area contributed by atoms with Gasteiger partial charge in [-0.25, -0.2) is 9.18 Å². The lowest BCUT2D eigenvalue weighted by molar-refractivity contribution is 0.0695. The van der Waals surface area contributed by atoms with E-state index in [-0.39, 0.29) is 34.6 Å². The average Bonchev–Trinajstić information content (AvgIpc) is 3.49. The molecule has 1 saturated carbocycles. The van der Waals surface area contributed by atoms with Gasteiger partial charge in [0.15, 0.2) is 11.6 Å². The highest BCUT2D eigenvalue weighted by atomic mass is 19.1. The highest BCUT2D eigenvalue weighted by molar-refractivity contribution is 6.03. The van der Waals surface area contributed by atoms with Crippen molar-refractivity contribution in [3.63, 3.8) is 0 Å². The van der Waals surface area contributed by atoms with Gasteiger partial charge in [-0.05, 0) is 19.8 Å². The molecule has 1 aliphatic heterocycles. The molecule has 1 aliphatic carbocycles. The van der Waals surface area contributed by atoms with Crippen LogP contribution in [0.5, 0.6) is 5.75 Å². The van der Waals surface area contributed by atoms with Gasteiger partial charge in [-0.3, -0.25) is 4.79 Å². The number of carboxylic acid groups (broad SMARTS) is 1. The zero-order valence-electron chi connectivity index (χ0n) is 15.8. The van der Waals surface area contributed by atoms with Crippen molar-refractivity contribution >= 4 is 28.2 Å². The minimum Gasteiger partial charge on any atom is -0.492 e. The molecule has 0 amide bonds. The van der Waals surface area contributed by atoms with Gasteiger partial charge in [-0.1, -0.05) is 0 Å². The van der Waals surface area contributed by atoms with Crippen molar-refractivity contribution in [1.82, 2.24) is 9.88 Å². The minimum absolute atomic E-state index is 0.0368. The number of methoxy groups -OCH3 is 1. The number of halogens is 1. The molecule has 4 N–H and O–H groups in total. The Kier molecular flexibility index (Phi) is 4.41. The van der Waals surface area contributed by atoms with Gasteiger partial charge in [0.25, 0.3) is 0 Å². The summed E-state index contributed by atoms with van der Waals surface area (Å²) in [5.41, 5.74) is 5.09. The second kappa shape index (κ2) is 6.66. The lowest BCUT2D eigenvalue weighted by Crippen LogP contribution is -2.49. The fraction of sp³-hybridized carbons (Fsp3) is 0.474. The predicted octanol–water partition coefficient (Wildman–Crippen LogP) is 1.56. The number of nitrogens with one attached hydrogen (secondary N) is 1. The third-order valence-electron chi connectivity index (χ3n) is 5.44. The predicted molar refractivity (Wildman–Crippen MR) is 104 cm³/mol. The van der Waals surface area contributed by atoms with Crippen LogP contribution in [0.1, 0.15) is 36.2 Å². The molecule has 4 rings (SSSR count). The van der Waals surface area contributed by atoms with Gasteiger partial charge in [0, 0.05) is 37.9 Å². The van der Waals surface area contributed by atoms with Gasteiger partial charge in [0.2, 0.25) is 5.43 Å². The van der Waals surface area contributed by atoms with E-state index in [4.69, 9.17) is 10.5 Å². The van der Waals surface area contributed by atoms with Crippen LogP contribution in [0.3, 0.4) is 0 Å². The largest absolute Gasteiger partial charge is 0.492 e. The summed E-state index contributed by atoms with van der Waals surface area (Å²) in [4.78, 5) is 26.3. The Hall–Kier alpha value is -2.81. The molecule has 2 heterocycles. The van der Waals surface area contributed by atoms with E-state index in [0.29, 0.717) is 25.2 Å². The SMILES string of the molecule is COc1c(N2CCNC(C)C2)c(F)c(N)c2c(=O)c(C(=O)O)cn(C3CC3)c12. The molecule has 1 saturated heterocycles. The summed E-state index contributed by atoms with van der Waals surface area (Å²) < 4.78 is 22.7. The number of nitrogen functional groups attached to an aromatic ring is 1. The number of aromatic nitrogens is 1. The van der Waals surface area contributed by atoms with Gasteiger partial charge in [-0.15, -0.1) is 0 Å². The number of piperazine rings is 1. The Bertz CT molecular complexity index is 1030. The number of aromatic carboxylic acids is 1. The Labute approximate surface area is 160 Å². The van der Waals surface area contributed by atoms with Crippen molar-refractivity contribution < 1.29 is 19.0 Å². The van der Waals surface area contributed by atoms with Crippen molar-refractivity contribution in [3.8, 4) is 5.75 Å². The fourth-order valence-electron chi connectivity index (χ4n) is 3.97. The topological polar surface area (TPSA) is 110 Å². The molecule has 1 aromatic heterocycles. The van der Waals surface area contributed by atoms with Crippen LogP contribution >= 0.6 is 0 Å². The fourth-order valence-corrected chi connectivity index (χ4v) is 3.97. The molecule has 0 bridgehead atoms. The van der Waals surface area contributed by atoms with Crippen LogP contribution in [0.2, 0.25) is 0 Å². The van der Waals surface area contributed by atoms with Gasteiger partial charge >= 0.3 is 5.97 Å². The first-order valence-electron chi connectivity index (χ1n) is 9.30. The third-order valence-corrected chi connectivity index (χ3v) is 5.44. The van der Waals surface area contributed by atoms with E-state index in [1.54, 1.807) is 4.57 Å². The van der Waals surface area contributed by atoms with Gasteiger partial charge in [-0.2, -0.15) is 0 Å². The maximum Gasteiger partial charge on any atom is 0.341 e. The molecule has 2 aromatic rings. The van der Waals surface area contributed by atoms with Gasteiger partial charge in [0.1, 0.15) is 11.3 Å². The molecule has 0 radical (unpaired) electrons. The smallest absolute Gasteiger partial charge is 0.341 e. The van der Waals surface area contributed by atoms with Crippen LogP contribution in [0.25, 0.3) is 10.9 Å². The Morgan fingerprint density at radius 3 is 2.71 bits per heavy atom. The monoisotopic (exact) mass is 390 g/mol. The van der Waals surface area contributed by atoms with Crippen molar-refractivity contribution in [2.75, 3.05) is 37.4 Å². The summed E-state index contributed by atoms with van der Waals surface area (Å²) in [6.45, 7) is 3.79. The number of nitrogens with two attached hydrogens (primary N) is 1. The number of hydrogen-bond donors (Lipinski definition) is 3. The summed E-state index contributed by atoms with van der Waals surface area (Å²) in [7, 11) is 1.42. The zero-order valence-corrected chi connectivity index (χ0v) is 15.8. The van der Waals surface area contributed by atoms with Gasteiger partial charge in [0.05, 0.1) is 23.7 Å². The molecule has 150 valence electrons. The number of nitrogens with zero attached hydrogens (tertiary/aromatic N) is 2. The van der Waals surface area contributed by atoms with Crippen LogP contribution in [0, 0.1) is 5.82 Å². The summed E-state index contributed by atoms with van der Waals surface area (Å²) >= 11 is 0. The van der Waals surface area contributed by atoms with Crippen LogP contribution < -0.4 is 26.1 Å². The first kappa shape index (κ1) is 18.5. The van der Waals surface area contributed by atoms with E-state index in [2.05, 4.69) is 5.32 Å². The Balaban J connectivity index is 2.10. The Morgan fingerprint density at radius 1 is 1.43 bits per heavy atom. The first-order chi connectivity index (χ1) is 13.3. The summed E-state index contributed by atoms with van der Waals surface area (Å²) in [5, 5.41) is 12.6. The summed E-state index contributed by atoms with van der Waals surface area (Å²) in [6.07, 6.45) is 3.02. The number of hydrogen-bond acceptors (Lipinski definition) is 6. The van der Waals surface area contributed by atoms with E-state index in [0.717, 1.165) is 12.8 Å². The van der Waals surface area contributed by atoms with Crippen LogP contribution in [-0.2, 0) is 0 Å². The maximum atomic E-state index is 15.4. The number of anilines is 2. The minimum atomic E-state index is -1.36. The normalized spacial score (nSPS) is 19.8. The Morgan fingerprint density at radius 2 is 2.14 bits per heavy atom. The third kappa shape index (κ3) is 2.77. The highest BCUT2D eigenvalue weighted by Crippen LogP contribution is 2.46. The number of ether oxygens (including phenoxy) is 1. The number of rotatable bonds is 4. The van der Waals surface area contributed by atoms with Crippen LogP contribution in [-0.4, -0.2) is 48.4 Å². The van der Waals surface area contributed by atoms with Crippen molar-refractivity contribution in [1.29, 1.82) is 0 Å². The molecule has 8 nitrogen and oxygen atoms in total. The zero-order chi connectivity index (χ0) is 20.2. The number of carboxylic acids is 1. The van der Waals surface area contributed by atoms with E-state index in [1.165, 1.54) is 13.3 Å². The summed E-state index contributed by atoms with van der Waals surface area (Å²) in [6, 6.07) is 0.185. The molecule has 2 fully saturated rings. The lowest BCUT2D eigenvalue weighted by atomic mass is 10.0. The molecule has 1 atom stereocenters. The van der Waals surface area contributed by atoms with E-state index >= 15 is 4.39 Å². The number of benzene rings is 1. The van der Waals surface area contributed by atoms with Crippen LogP contribution in [0.4, 0.5) is 15.8 Å². The van der Waals surface area contributed by atoms with Crippen LogP contribution in [0.15, 0.2) is 11.0 Å². The van der Waals surface area contributed by atoms with Gasteiger partial charge < -0.3 is 30.4 Å². The first-order valence-corrected chi connectivity index (χ1v) is 9.30. The molecular formula is C19H23FN4O4. The molecular weight excluding hydrogens is 367 g/mol. The van der Waals surface area contributed by atoms with E-state index in [9.17, 15) is 14.7 Å². The second-order valence-corrected chi connectivity index (χ2v) is 7.45. The average molecular weight is 390 g/mol. The molecule has 0 spiro atoms. The molecule has 9 heteroatoms. The molecule has 1 unspecified atom stereocenters. The van der Waals surface area contributed by atoms with Crippen molar-refractivity contribution in [2.45, 2.75) is 31.8 Å². The van der Waals surface area contributed by atoms with Crippen molar-refractivity contribution in [2.24, 2.45) is 0 Å². The number of fused-ring (bicyclic) bond motifs is 1. The standard InChI is InChI=1S/C19H23FN4O4/c1-9-7-23(6-5-22-9)16-13(20)14(21)12-15(18(16)28-2)24(10-3-4-10)8-11(17(12)25)19(26)27/h8-10,22H,3-7,21H2,1-2H3,(H,26,27). The number of carbonyl (C=O) groups is 1. The summed E-state index contributed by atoms with van der Waals surface area (Å²) in [5.74, 6) is -1.89. The lowest BCUT2D eigenvalue weighted by Gasteiger charge is -2.35. The van der Waals surface area contributed by atoms with E-state index in [1.807, 2.05) is 11.8 Å². The molecule has 2 aliphatic rings. The highest BCUT2D eigenvalue weighted by Gasteiger charge is 2.33. The number of pyridine rings is 1. The molecule has 28 heavy (non-hydrogen) atoms. The quantitative estimate of drug-likeness (QED) is 0.680. The second-order valence-electron chi connectivity index (χ2n) is 7.45. The van der Waals surface area contributed by atoms with E-state index < -0.39 is 22.8 Å². The molecule has 1 aromatic carbocycles. The van der Waals surface area contributed by atoms with Crippen molar-refractivity contribution in [3.05, 3.63) is 27.8 Å².